The zero-order valence-electron chi connectivity index (χ0n) is 14.2. The lowest BCUT2D eigenvalue weighted by atomic mass is 10.2. The van der Waals surface area contributed by atoms with E-state index in [-0.39, 0.29) is 29.7 Å². The Bertz CT molecular complexity index is 777. The highest BCUT2D eigenvalue weighted by atomic mass is 35.5. The molecule has 138 valence electrons. The molecule has 0 saturated carbocycles. The van der Waals surface area contributed by atoms with E-state index in [1.54, 1.807) is 11.3 Å². The van der Waals surface area contributed by atoms with Crippen molar-refractivity contribution in [1.29, 1.82) is 0 Å². The lowest BCUT2D eigenvalue weighted by molar-refractivity contribution is 0.301. The monoisotopic (exact) mass is 405 g/mol. The van der Waals surface area contributed by atoms with Gasteiger partial charge in [0.05, 0.1) is 6.04 Å². The van der Waals surface area contributed by atoms with Gasteiger partial charge in [0.15, 0.2) is 0 Å². The van der Waals surface area contributed by atoms with Crippen LogP contribution in [-0.4, -0.2) is 45.3 Å². The van der Waals surface area contributed by atoms with Crippen LogP contribution in [0.15, 0.2) is 35.7 Å². The molecule has 1 atom stereocenters. The van der Waals surface area contributed by atoms with Crippen molar-refractivity contribution in [2.45, 2.75) is 12.6 Å². The highest BCUT2D eigenvalue weighted by Gasteiger charge is 2.23. The Hall–Kier alpha value is -1.03. The minimum absolute atomic E-state index is 0.0831. The molecule has 0 saturated heterocycles. The Balaban J connectivity index is 2.07. The van der Waals surface area contributed by atoms with Crippen molar-refractivity contribution in [3.8, 4) is 0 Å². The van der Waals surface area contributed by atoms with Crippen LogP contribution in [0.4, 0.5) is 4.39 Å². The van der Waals surface area contributed by atoms with E-state index < -0.39 is 16.0 Å². The molecule has 1 heterocycles. The van der Waals surface area contributed by atoms with E-state index in [1.807, 2.05) is 36.5 Å². The number of rotatable bonds is 8. The van der Waals surface area contributed by atoms with Crippen LogP contribution >= 0.6 is 22.9 Å². The molecule has 0 radical (unpaired) electrons. The smallest absolute Gasteiger partial charge is 0.279 e. The number of hydrogen-bond acceptors (Lipinski definition) is 4. The van der Waals surface area contributed by atoms with E-state index >= 15 is 0 Å². The first kappa shape index (κ1) is 20.3. The van der Waals surface area contributed by atoms with Crippen molar-refractivity contribution < 1.29 is 12.8 Å². The third kappa shape index (κ3) is 5.22. The Morgan fingerprint density at radius 2 is 1.96 bits per heavy atom. The fourth-order valence-electron chi connectivity index (χ4n) is 2.30. The standard InChI is InChI=1S/C16H21ClFN3O2S2/c1-20(2)15(16-8-5-9-24-16)10-19-25(22,23)21(3)11-12-13(17)6-4-7-14(12)18/h4-9,15,19H,10-11H2,1-3H3. The number of hydrogen-bond donors (Lipinski definition) is 1. The summed E-state index contributed by atoms with van der Waals surface area (Å²) in [5, 5.41) is 2.15. The summed E-state index contributed by atoms with van der Waals surface area (Å²) in [6.45, 7) is 0.0671. The summed E-state index contributed by atoms with van der Waals surface area (Å²) in [5.74, 6) is -0.528. The molecular formula is C16H21ClFN3O2S2. The van der Waals surface area contributed by atoms with Gasteiger partial charge in [0.2, 0.25) is 0 Å². The highest BCUT2D eigenvalue weighted by Crippen LogP contribution is 2.23. The summed E-state index contributed by atoms with van der Waals surface area (Å²) >= 11 is 7.54. The summed E-state index contributed by atoms with van der Waals surface area (Å²) in [6.07, 6.45) is 0. The second-order valence-electron chi connectivity index (χ2n) is 5.80. The average molecular weight is 406 g/mol. The average Bonchev–Trinajstić information content (AvgIpc) is 3.04. The summed E-state index contributed by atoms with van der Waals surface area (Å²) in [6, 6.07) is 8.08. The van der Waals surface area contributed by atoms with Crippen LogP contribution in [0.2, 0.25) is 5.02 Å². The van der Waals surface area contributed by atoms with Crippen molar-refractivity contribution >= 4 is 33.1 Å². The number of thiophene rings is 1. The molecule has 5 nitrogen and oxygen atoms in total. The molecule has 25 heavy (non-hydrogen) atoms. The molecule has 1 aromatic carbocycles. The van der Waals surface area contributed by atoms with Gasteiger partial charge in [0, 0.05) is 35.6 Å². The van der Waals surface area contributed by atoms with Gasteiger partial charge in [0.25, 0.3) is 10.2 Å². The highest BCUT2D eigenvalue weighted by molar-refractivity contribution is 7.87. The molecule has 1 N–H and O–H groups in total. The van der Waals surface area contributed by atoms with Crippen molar-refractivity contribution in [2.75, 3.05) is 27.7 Å². The van der Waals surface area contributed by atoms with Crippen LogP contribution in [0.3, 0.4) is 0 Å². The lowest BCUT2D eigenvalue weighted by Crippen LogP contribution is -2.41. The van der Waals surface area contributed by atoms with E-state index in [2.05, 4.69) is 4.72 Å². The third-order valence-electron chi connectivity index (χ3n) is 3.81. The molecule has 0 bridgehead atoms. The number of nitrogens with zero attached hydrogens (tertiary/aromatic N) is 2. The van der Waals surface area contributed by atoms with Gasteiger partial charge in [-0.05, 0) is 37.7 Å². The molecule has 0 spiro atoms. The number of nitrogens with one attached hydrogen (secondary N) is 1. The van der Waals surface area contributed by atoms with Gasteiger partial charge in [-0.1, -0.05) is 23.7 Å². The largest absolute Gasteiger partial charge is 0.300 e. The normalized spacial score (nSPS) is 13.6. The topological polar surface area (TPSA) is 52.7 Å². The molecule has 2 aromatic rings. The molecule has 0 aliphatic rings. The van der Waals surface area contributed by atoms with E-state index in [9.17, 15) is 12.8 Å². The molecule has 0 aliphatic carbocycles. The van der Waals surface area contributed by atoms with E-state index in [0.717, 1.165) is 9.18 Å². The Morgan fingerprint density at radius 1 is 1.24 bits per heavy atom. The van der Waals surface area contributed by atoms with Crippen LogP contribution < -0.4 is 4.72 Å². The van der Waals surface area contributed by atoms with Gasteiger partial charge >= 0.3 is 0 Å². The zero-order chi connectivity index (χ0) is 18.6. The molecule has 0 aliphatic heterocycles. The second-order valence-corrected chi connectivity index (χ2v) is 9.05. The van der Waals surface area contributed by atoms with Crippen molar-refractivity contribution in [3.63, 3.8) is 0 Å². The molecule has 1 unspecified atom stereocenters. The van der Waals surface area contributed by atoms with Gasteiger partial charge < -0.3 is 4.90 Å². The molecule has 0 fully saturated rings. The van der Waals surface area contributed by atoms with Crippen LogP contribution in [0, 0.1) is 5.82 Å². The first-order chi connectivity index (χ1) is 11.7. The van der Waals surface area contributed by atoms with Gasteiger partial charge in [-0.2, -0.15) is 12.7 Å². The van der Waals surface area contributed by atoms with Gasteiger partial charge in [-0.3, -0.25) is 0 Å². The second kappa shape index (κ2) is 8.57. The minimum atomic E-state index is -3.78. The van der Waals surface area contributed by atoms with E-state index in [4.69, 9.17) is 11.6 Å². The van der Waals surface area contributed by atoms with Crippen LogP contribution in [0.1, 0.15) is 16.5 Å². The van der Waals surface area contributed by atoms with Crippen molar-refractivity contribution in [1.82, 2.24) is 13.9 Å². The molecule has 9 heteroatoms. The van der Waals surface area contributed by atoms with Crippen LogP contribution in [0.25, 0.3) is 0 Å². The first-order valence-corrected chi connectivity index (χ1v) is 10.3. The van der Waals surface area contributed by atoms with Gasteiger partial charge in [-0.15, -0.1) is 11.3 Å². The molecule has 0 amide bonds. The Kier molecular flexibility index (Phi) is 6.95. The fraction of sp³-hybridized carbons (Fsp3) is 0.375. The maximum absolute atomic E-state index is 13.9. The molecule has 2 rings (SSSR count). The predicted octanol–water partition coefficient (Wildman–Crippen LogP) is 3.11. The minimum Gasteiger partial charge on any atom is -0.300 e. The quantitative estimate of drug-likeness (QED) is 0.734. The number of halogens is 2. The van der Waals surface area contributed by atoms with Gasteiger partial charge in [-0.25, -0.2) is 9.11 Å². The maximum Gasteiger partial charge on any atom is 0.279 e. The van der Waals surface area contributed by atoms with Crippen LogP contribution in [-0.2, 0) is 16.8 Å². The first-order valence-electron chi connectivity index (χ1n) is 7.56. The summed E-state index contributed by atoms with van der Waals surface area (Å²) < 4.78 is 42.5. The Morgan fingerprint density at radius 3 is 2.52 bits per heavy atom. The number of benzene rings is 1. The Labute approximate surface area is 157 Å². The summed E-state index contributed by atoms with van der Waals surface area (Å²) in [4.78, 5) is 3.01. The van der Waals surface area contributed by atoms with Crippen molar-refractivity contribution in [3.05, 3.63) is 57.0 Å². The SMILES string of the molecule is CN(C)C(CNS(=O)(=O)N(C)Cc1c(F)cccc1Cl)c1cccs1. The van der Waals surface area contributed by atoms with E-state index in [0.29, 0.717) is 0 Å². The third-order valence-corrected chi connectivity index (χ3v) is 6.62. The number of likely N-dealkylation sites (N-methyl/N-ethyl adjacent to an activating group) is 1. The maximum atomic E-state index is 13.9. The summed E-state index contributed by atoms with van der Waals surface area (Å²) in [7, 11) is 1.39. The van der Waals surface area contributed by atoms with Crippen molar-refractivity contribution in [2.24, 2.45) is 0 Å². The zero-order valence-corrected chi connectivity index (χ0v) is 16.6. The lowest BCUT2D eigenvalue weighted by Gasteiger charge is -2.25. The summed E-state index contributed by atoms with van der Waals surface area (Å²) in [5.41, 5.74) is 0.152. The van der Waals surface area contributed by atoms with Crippen LogP contribution in [0.5, 0.6) is 0 Å². The fourth-order valence-corrected chi connectivity index (χ4v) is 4.34. The molecular weight excluding hydrogens is 385 g/mol. The molecule has 1 aromatic heterocycles. The van der Waals surface area contributed by atoms with E-state index in [1.165, 1.54) is 25.2 Å². The van der Waals surface area contributed by atoms with Gasteiger partial charge in [0.1, 0.15) is 5.82 Å². The predicted molar refractivity (Wildman–Crippen MR) is 101 cm³/mol.